The summed E-state index contributed by atoms with van der Waals surface area (Å²) in [7, 11) is -3.34. The standard InChI is InChI=1S/C32H29N9O9S3.3Na/c1-33-30-35-31(37-32(36-30)40-12-14-48-15-13-40)34-21-10-8-19(26(16-21)51-50-49-42)6-7-20-9-11-22(17-28(20)53(45,46)47)41-38-25-18-27(52(43)44)23-4-2-3-5-24(23)29(25)39-41;;;/h2-11,16-18,42H,12-15H2,1H3,(H,43,44)(H,45,46,47)(H2,33,34,35,36,37);;;/q;3*+1/p-3. The van der Waals surface area contributed by atoms with E-state index in [0.29, 0.717) is 82.7 Å². The number of hydrogen-bond donors (Lipinski definition) is 2. The van der Waals surface area contributed by atoms with Crippen molar-refractivity contribution in [1.82, 2.24) is 29.9 Å². The first-order valence-electron chi connectivity index (χ1n) is 15.6. The molecular weight excluding hydrogens is 820 g/mol. The molecule has 3 heterocycles. The van der Waals surface area contributed by atoms with Crippen molar-refractivity contribution in [3.63, 3.8) is 0 Å². The molecule has 0 radical (unpaired) electrons. The monoisotopic (exact) mass is 845 g/mol. The molecule has 1 atom stereocenters. The maximum atomic E-state index is 12.5. The summed E-state index contributed by atoms with van der Waals surface area (Å²) in [4.78, 5) is 16.3. The Morgan fingerprint density at radius 3 is 2.30 bits per heavy atom. The Hall–Kier alpha value is -2.10. The van der Waals surface area contributed by atoms with Crippen molar-refractivity contribution in [3.8, 4) is 5.69 Å². The number of anilines is 4. The predicted octanol–water partition coefficient (Wildman–Crippen LogP) is -6.06. The van der Waals surface area contributed by atoms with Gasteiger partial charge in [0.25, 0.3) is 0 Å². The van der Waals surface area contributed by atoms with E-state index in [-0.39, 0.29) is 116 Å². The molecule has 274 valence electrons. The van der Waals surface area contributed by atoms with Crippen LogP contribution in [-0.4, -0.2) is 85.0 Å². The van der Waals surface area contributed by atoms with Gasteiger partial charge in [-0.25, -0.2) is 8.42 Å². The van der Waals surface area contributed by atoms with Gasteiger partial charge in [0.15, 0.2) is 0 Å². The Morgan fingerprint density at radius 2 is 1.61 bits per heavy atom. The van der Waals surface area contributed by atoms with E-state index >= 15 is 0 Å². The molecular formula is C32H26N9Na3O9S3. The van der Waals surface area contributed by atoms with E-state index < -0.39 is 26.1 Å². The molecule has 6 aromatic rings. The first-order chi connectivity index (χ1) is 25.6. The Bertz CT molecular complexity index is 2510. The number of fused-ring (bicyclic) bond motifs is 3. The van der Waals surface area contributed by atoms with Gasteiger partial charge in [-0.3, -0.25) is 9.25 Å². The topological polar surface area (TPSA) is 245 Å². The average molecular weight is 846 g/mol. The molecule has 24 heteroatoms. The van der Waals surface area contributed by atoms with E-state index in [2.05, 4.69) is 45.2 Å². The molecule has 0 spiro atoms. The Morgan fingerprint density at radius 1 is 0.911 bits per heavy atom. The van der Waals surface area contributed by atoms with Gasteiger partial charge in [0.05, 0.1) is 35.8 Å². The minimum absolute atomic E-state index is 0. The fraction of sp³-hybridized carbons (Fsp3) is 0.156. The van der Waals surface area contributed by atoms with Crippen molar-refractivity contribution in [2.75, 3.05) is 48.9 Å². The largest absolute Gasteiger partial charge is 1.00 e. The molecule has 2 N–H and O–H groups in total. The first-order valence-corrected chi connectivity index (χ1v) is 18.8. The van der Waals surface area contributed by atoms with Crippen LogP contribution in [0.1, 0.15) is 11.1 Å². The normalized spacial score (nSPS) is 13.5. The van der Waals surface area contributed by atoms with Crippen molar-refractivity contribution < 1.29 is 130 Å². The SMILES string of the molecule is CNc1nc(Nc2ccc(C=Cc3ccc(-n4nc5cc(S(=O)[O-])c6ccccc6c5n4)cc3S(=O)(=O)[O-])c(SOO[O-])c2)nc(N2CCOCC2)n1.[Na+].[Na+].[Na+]. The van der Waals surface area contributed by atoms with Gasteiger partial charge in [0, 0.05) is 41.0 Å². The van der Waals surface area contributed by atoms with E-state index in [0.717, 1.165) is 10.9 Å². The maximum absolute atomic E-state index is 12.5. The molecule has 18 nitrogen and oxygen atoms in total. The van der Waals surface area contributed by atoms with Crippen LogP contribution >= 0.6 is 12.0 Å². The van der Waals surface area contributed by atoms with Gasteiger partial charge in [0.2, 0.25) is 17.8 Å². The molecule has 56 heavy (non-hydrogen) atoms. The minimum Gasteiger partial charge on any atom is -0.768 e. The van der Waals surface area contributed by atoms with Gasteiger partial charge in [-0.1, -0.05) is 48.6 Å². The fourth-order valence-corrected chi connectivity index (χ4v) is 7.35. The molecule has 2 aromatic heterocycles. The molecule has 1 aliphatic heterocycles. The molecule has 0 aliphatic carbocycles. The van der Waals surface area contributed by atoms with Crippen molar-refractivity contribution in [2.45, 2.75) is 14.7 Å². The quantitative estimate of drug-likeness (QED) is 0.0221. The number of aromatic nitrogens is 6. The third-order valence-electron chi connectivity index (χ3n) is 8.04. The molecule has 0 amide bonds. The average Bonchev–Trinajstić information content (AvgIpc) is 3.61. The van der Waals surface area contributed by atoms with Gasteiger partial charge in [-0.15, -0.1) is 10.2 Å². The molecule has 1 fully saturated rings. The summed E-state index contributed by atoms with van der Waals surface area (Å²) in [5.41, 5.74) is 1.80. The summed E-state index contributed by atoms with van der Waals surface area (Å²) in [5, 5.41) is 30.2. The van der Waals surface area contributed by atoms with Gasteiger partial charge >= 0.3 is 88.7 Å². The molecule has 0 bridgehead atoms. The first kappa shape index (κ1) is 46.6. The number of hydrogen-bond acceptors (Lipinski definition) is 18. The number of benzene rings is 4. The van der Waals surface area contributed by atoms with Crippen LogP contribution in [0.3, 0.4) is 0 Å². The molecule has 1 aliphatic rings. The van der Waals surface area contributed by atoms with Crippen LogP contribution < -0.4 is 109 Å². The van der Waals surface area contributed by atoms with Crippen molar-refractivity contribution >= 4 is 90.7 Å². The second-order valence-electron chi connectivity index (χ2n) is 11.3. The summed E-state index contributed by atoms with van der Waals surface area (Å²) in [6, 6.07) is 17.2. The van der Waals surface area contributed by atoms with Crippen molar-refractivity contribution in [1.29, 1.82) is 0 Å². The summed E-state index contributed by atoms with van der Waals surface area (Å²) in [6.07, 6.45) is 2.94. The van der Waals surface area contributed by atoms with Crippen LogP contribution in [0.5, 0.6) is 0 Å². The zero-order valence-electron chi connectivity index (χ0n) is 30.4. The Kier molecular flexibility index (Phi) is 17.2. The zero-order chi connectivity index (χ0) is 37.1. The van der Waals surface area contributed by atoms with E-state index in [1.54, 1.807) is 49.5 Å². The molecule has 1 saturated heterocycles. The Labute approximate surface area is 393 Å². The number of morpholine rings is 1. The fourth-order valence-electron chi connectivity index (χ4n) is 5.59. The maximum Gasteiger partial charge on any atom is 1.00 e. The van der Waals surface area contributed by atoms with E-state index in [9.17, 15) is 27.0 Å². The van der Waals surface area contributed by atoms with E-state index in [1.165, 1.54) is 30.4 Å². The predicted molar refractivity (Wildman–Crippen MR) is 191 cm³/mol. The van der Waals surface area contributed by atoms with Crippen LogP contribution in [0.25, 0.3) is 39.6 Å². The number of nitrogens with one attached hydrogen (secondary N) is 2. The number of ether oxygens (including phenoxy) is 1. The van der Waals surface area contributed by atoms with Crippen LogP contribution in [-0.2, 0) is 35.3 Å². The Balaban J connectivity index is 0.00000232. The second kappa shape index (κ2) is 20.7. The molecule has 4 aromatic carbocycles. The number of nitrogens with zero attached hydrogens (tertiary/aromatic N) is 7. The van der Waals surface area contributed by atoms with Gasteiger partial charge < -0.3 is 34.6 Å². The molecule has 1 unspecified atom stereocenters. The van der Waals surface area contributed by atoms with Crippen LogP contribution in [0.2, 0.25) is 0 Å². The van der Waals surface area contributed by atoms with Gasteiger partial charge in [0.1, 0.15) is 21.2 Å². The van der Waals surface area contributed by atoms with Gasteiger partial charge in [-0.05, 0) is 57.9 Å². The van der Waals surface area contributed by atoms with Crippen molar-refractivity contribution in [2.24, 2.45) is 0 Å². The van der Waals surface area contributed by atoms with Gasteiger partial charge in [-0.2, -0.15) is 24.1 Å². The minimum atomic E-state index is -5.02. The second-order valence-corrected chi connectivity index (χ2v) is 14.3. The summed E-state index contributed by atoms with van der Waals surface area (Å²) < 4.78 is 71.4. The van der Waals surface area contributed by atoms with E-state index in [1.807, 2.05) is 4.90 Å². The molecule has 0 saturated carbocycles. The van der Waals surface area contributed by atoms with Crippen LogP contribution in [0.15, 0.2) is 81.4 Å². The van der Waals surface area contributed by atoms with E-state index in [4.69, 9.17) is 4.74 Å². The summed E-state index contributed by atoms with van der Waals surface area (Å²) >= 11 is -1.95. The third-order valence-corrected chi connectivity index (χ3v) is 10.3. The smallest absolute Gasteiger partial charge is 0.768 e. The summed E-state index contributed by atoms with van der Waals surface area (Å²) in [6.45, 7) is 2.31. The van der Waals surface area contributed by atoms with Crippen molar-refractivity contribution in [3.05, 3.63) is 77.9 Å². The third kappa shape index (κ3) is 10.7. The number of rotatable bonds is 12. The van der Waals surface area contributed by atoms with Crippen LogP contribution in [0.4, 0.5) is 23.5 Å². The zero-order valence-corrected chi connectivity index (χ0v) is 38.8. The van der Waals surface area contributed by atoms with Crippen LogP contribution in [0, 0.1) is 0 Å². The molecule has 7 rings (SSSR count). The summed E-state index contributed by atoms with van der Waals surface area (Å²) in [5.74, 6) is 1.04.